The number of carboxylic acid groups (broad SMARTS) is 1. The Hall–Kier alpha value is -2.57. The summed E-state index contributed by atoms with van der Waals surface area (Å²) >= 11 is 0. The van der Waals surface area contributed by atoms with E-state index in [1.54, 1.807) is 29.2 Å². The molecule has 1 saturated heterocycles. The van der Waals surface area contributed by atoms with Gasteiger partial charge in [-0.1, -0.05) is 19.4 Å². The molecular formula is C18H24N2O5. The minimum atomic E-state index is -0.872. The van der Waals surface area contributed by atoms with Crippen LogP contribution in [0.2, 0.25) is 0 Å². The van der Waals surface area contributed by atoms with Gasteiger partial charge in [0.2, 0.25) is 0 Å². The van der Waals surface area contributed by atoms with Gasteiger partial charge in [0.25, 0.3) is 11.8 Å². The summed E-state index contributed by atoms with van der Waals surface area (Å²) in [7, 11) is 0. The van der Waals surface area contributed by atoms with Crippen LogP contribution in [0.25, 0.3) is 0 Å². The Morgan fingerprint density at radius 1 is 1.36 bits per heavy atom. The molecule has 25 heavy (non-hydrogen) atoms. The molecule has 1 aromatic carbocycles. The van der Waals surface area contributed by atoms with Gasteiger partial charge < -0.3 is 20.5 Å². The Kier molecular flexibility index (Phi) is 6.01. The number of primary amides is 1. The van der Waals surface area contributed by atoms with Gasteiger partial charge in [-0.3, -0.25) is 14.4 Å². The number of nitrogens with zero attached hydrogens (tertiary/aromatic N) is 1. The lowest BCUT2D eigenvalue weighted by Gasteiger charge is -2.40. The van der Waals surface area contributed by atoms with E-state index in [0.29, 0.717) is 37.1 Å². The van der Waals surface area contributed by atoms with E-state index in [4.69, 9.17) is 10.5 Å². The molecular weight excluding hydrogens is 324 g/mol. The zero-order valence-electron chi connectivity index (χ0n) is 14.4. The number of piperidine rings is 1. The quantitative estimate of drug-likeness (QED) is 0.778. The summed E-state index contributed by atoms with van der Waals surface area (Å²) < 4.78 is 5.22. The topological polar surface area (TPSA) is 110 Å². The number of carbonyl (C=O) groups excluding carboxylic acids is 2. The number of nitrogens with two attached hydrogens (primary N) is 1. The van der Waals surface area contributed by atoms with E-state index >= 15 is 0 Å². The van der Waals surface area contributed by atoms with Crippen molar-refractivity contribution in [3.05, 3.63) is 29.8 Å². The highest BCUT2D eigenvalue weighted by Crippen LogP contribution is 2.35. The Bertz CT molecular complexity index is 657. The van der Waals surface area contributed by atoms with Crippen LogP contribution in [-0.4, -0.2) is 47.5 Å². The summed E-state index contributed by atoms with van der Waals surface area (Å²) in [6.45, 7) is 2.43. The molecule has 1 heterocycles. The van der Waals surface area contributed by atoms with Gasteiger partial charge in [0.05, 0.1) is 5.41 Å². The Labute approximate surface area is 146 Å². The van der Waals surface area contributed by atoms with Gasteiger partial charge in [-0.15, -0.1) is 0 Å². The van der Waals surface area contributed by atoms with Crippen LogP contribution in [0.1, 0.15) is 43.0 Å². The standard InChI is InChI=1S/C18H24N2O5/c1-2-7-18(17(23)24)8-4-9-20(12-18)16(22)13-5-3-6-14(10-13)25-11-15(19)21/h3,5-6,10H,2,4,7-9,11-12H2,1H3,(H2,19,21)(H,23,24)/t18-/m1/s1. The molecule has 0 aromatic heterocycles. The third-order valence-corrected chi connectivity index (χ3v) is 4.51. The monoisotopic (exact) mass is 348 g/mol. The molecule has 0 radical (unpaired) electrons. The van der Waals surface area contributed by atoms with Gasteiger partial charge in [0.15, 0.2) is 6.61 Å². The van der Waals surface area contributed by atoms with Crippen LogP contribution >= 0.6 is 0 Å². The number of amides is 2. The van der Waals surface area contributed by atoms with Gasteiger partial charge in [0, 0.05) is 18.7 Å². The van der Waals surface area contributed by atoms with E-state index < -0.39 is 17.3 Å². The first-order chi connectivity index (χ1) is 11.9. The fourth-order valence-corrected chi connectivity index (χ4v) is 3.33. The molecule has 1 aliphatic rings. The van der Waals surface area contributed by atoms with Gasteiger partial charge in [-0.05, 0) is 37.5 Å². The third kappa shape index (κ3) is 4.49. The minimum absolute atomic E-state index is 0.210. The lowest BCUT2D eigenvalue weighted by atomic mass is 9.76. The number of rotatable bonds is 7. The molecule has 0 spiro atoms. The van der Waals surface area contributed by atoms with Crippen LogP contribution in [0.5, 0.6) is 5.75 Å². The first kappa shape index (κ1) is 18.8. The van der Waals surface area contributed by atoms with Crippen LogP contribution in [0, 0.1) is 5.41 Å². The fraction of sp³-hybridized carbons (Fsp3) is 0.500. The first-order valence-corrected chi connectivity index (χ1v) is 8.42. The number of likely N-dealkylation sites (tertiary alicyclic amines) is 1. The molecule has 0 unspecified atom stereocenters. The number of carbonyl (C=O) groups is 3. The molecule has 2 amide bonds. The lowest BCUT2D eigenvalue weighted by Crippen LogP contribution is -2.49. The zero-order chi connectivity index (χ0) is 18.4. The number of benzene rings is 1. The number of aliphatic carboxylic acids is 1. The molecule has 7 heteroatoms. The van der Waals surface area contributed by atoms with E-state index in [9.17, 15) is 19.5 Å². The van der Waals surface area contributed by atoms with Crippen molar-refractivity contribution < 1.29 is 24.2 Å². The van der Waals surface area contributed by atoms with E-state index in [0.717, 1.165) is 6.42 Å². The number of hydrogen-bond acceptors (Lipinski definition) is 4. The van der Waals surface area contributed by atoms with Crippen LogP contribution < -0.4 is 10.5 Å². The Balaban J connectivity index is 2.15. The predicted molar refractivity (Wildman–Crippen MR) is 91.2 cm³/mol. The normalized spacial score (nSPS) is 20.1. The minimum Gasteiger partial charge on any atom is -0.484 e. The maximum atomic E-state index is 12.8. The summed E-state index contributed by atoms with van der Waals surface area (Å²) in [6, 6.07) is 6.48. The molecule has 3 N–H and O–H groups in total. The molecule has 1 fully saturated rings. The Morgan fingerprint density at radius 2 is 2.12 bits per heavy atom. The summed E-state index contributed by atoms with van der Waals surface area (Å²) in [4.78, 5) is 37.0. The van der Waals surface area contributed by atoms with Crippen molar-refractivity contribution in [3.63, 3.8) is 0 Å². The molecule has 0 aliphatic carbocycles. The molecule has 2 rings (SSSR count). The molecule has 1 aromatic rings. The molecule has 0 saturated carbocycles. The third-order valence-electron chi connectivity index (χ3n) is 4.51. The summed E-state index contributed by atoms with van der Waals surface area (Å²) in [5, 5.41) is 9.65. The molecule has 1 aliphatic heterocycles. The average Bonchev–Trinajstić information content (AvgIpc) is 2.60. The second kappa shape index (κ2) is 8.00. The maximum Gasteiger partial charge on any atom is 0.311 e. The van der Waals surface area contributed by atoms with Crippen LogP contribution in [0.15, 0.2) is 24.3 Å². The van der Waals surface area contributed by atoms with Crippen LogP contribution in [0.3, 0.4) is 0 Å². The second-order valence-electron chi connectivity index (χ2n) is 6.45. The van der Waals surface area contributed by atoms with Crippen molar-refractivity contribution in [2.75, 3.05) is 19.7 Å². The highest BCUT2D eigenvalue weighted by Gasteiger charge is 2.42. The van der Waals surface area contributed by atoms with Gasteiger partial charge in [-0.2, -0.15) is 0 Å². The molecule has 136 valence electrons. The SMILES string of the molecule is CCC[C@@]1(C(=O)O)CCCN(C(=O)c2cccc(OCC(N)=O)c2)C1. The molecule has 7 nitrogen and oxygen atoms in total. The fourth-order valence-electron chi connectivity index (χ4n) is 3.33. The predicted octanol–water partition coefficient (Wildman–Crippen LogP) is 1.66. The van der Waals surface area contributed by atoms with Crippen LogP contribution in [-0.2, 0) is 9.59 Å². The smallest absolute Gasteiger partial charge is 0.311 e. The van der Waals surface area contributed by atoms with E-state index in [1.165, 1.54) is 0 Å². The van der Waals surface area contributed by atoms with Crippen molar-refractivity contribution in [1.82, 2.24) is 4.90 Å². The lowest BCUT2D eigenvalue weighted by molar-refractivity contribution is -0.152. The largest absolute Gasteiger partial charge is 0.484 e. The Morgan fingerprint density at radius 3 is 2.76 bits per heavy atom. The van der Waals surface area contributed by atoms with Gasteiger partial charge in [-0.25, -0.2) is 0 Å². The summed E-state index contributed by atoms with van der Waals surface area (Å²) in [6.07, 6.45) is 2.55. The molecule has 0 bridgehead atoms. The summed E-state index contributed by atoms with van der Waals surface area (Å²) in [5.41, 5.74) is 4.58. The highest BCUT2D eigenvalue weighted by atomic mass is 16.5. The van der Waals surface area contributed by atoms with Crippen molar-refractivity contribution in [2.45, 2.75) is 32.6 Å². The van der Waals surface area contributed by atoms with Gasteiger partial charge in [0.1, 0.15) is 5.75 Å². The number of carboxylic acids is 1. The average molecular weight is 348 g/mol. The van der Waals surface area contributed by atoms with E-state index in [1.807, 2.05) is 6.92 Å². The van der Waals surface area contributed by atoms with Crippen LogP contribution in [0.4, 0.5) is 0 Å². The van der Waals surface area contributed by atoms with E-state index in [-0.39, 0.29) is 19.1 Å². The van der Waals surface area contributed by atoms with Crippen molar-refractivity contribution in [3.8, 4) is 5.75 Å². The van der Waals surface area contributed by atoms with Crippen molar-refractivity contribution in [2.24, 2.45) is 11.1 Å². The maximum absolute atomic E-state index is 12.8. The molecule has 1 atom stereocenters. The van der Waals surface area contributed by atoms with E-state index in [2.05, 4.69) is 0 Å². The summed E-state index contributed by atoms with van der Waals surface area (Å²) in [5.74, 6) is -1.30. The van der Waals surface area contributed by atoms with Crippen molar-refractivity contribution >= 4 is 17.8 Å². The number of ether oxygens (including phenoxy) is 1. The zero-order valence-corrected chi connectivity index (χ0v) is 14.4. The highest BCUT2D eigenvalue weighted by molar-refractivity contribution is 5.95. The van der Waals surface area contributed by atoms with Crippen molar-refractivity contribution in [1.29, 1.82) is 0 Å². The first-order valence-electron chi connectivity index (χ1n) is 8.42. The number of hydrogen-bond donors (Lipinski definition) is 2. The van der Waals surface area contributed by atoms with Gasteiger partial charge >= 0.3 is 5.97 Å². The second-order valence-corrected chi connectivity index (χ2v) is 6.45.